The van der Waals surface area contributed by atoms with Crippen molar-refractivity contribution >= 4 is 0 Å². The smallest absolute Gasteiger partial charge is 0.119 e. The molecule has 0 saturated heterocycles. The van der Waals surface area contributed by atoms with E-state index in [0.717, 1.165) is 25.3 Å². The summed E-state index contributed by atoms with van der Waals surface area (Å²) in [6.45, 7) is 6.55. The first-order chi connectivity index (χ1) is 8.80. The summed E-state index contributed by atoms with van der Waals surface area (Å²) in [6.07, 6.45) is 2.31. The zero-order chi connectivity index (χ0) is 13.2. The average molecular weight is 251 g/mol. The van der Waals surface area contributed by atoms with E-state index in [1.54, 1.807) is 7.11 Å². The minimum atomic E-state index is 0.437. The molecule has 0 aromatic heterocycles. The molecule has 102 valence electrons. The molecule has 1 aromatic carbocycles. The number of benzene rings is 1. The predicted molar refractivity (Wildman–Crippen MR) is 75.0 cm³/mol. The molecule has 1 atom stereocenters. The van der Waals surface area contributed by atoms with E-state index in [9.17, 15) is 0 Å². The Morgan fingerprint density at radius 1 is 1.17 bits per heavy atom. The maximum absolute atomic E-state index is 5.42. The van der Waals surface area contributed by atoms with Gasteiger partial charge in [-0.15, -0.1) is 0 Å². The molecule has 0 spiro atoms. The highest BCUT2D eigenvalue weighted by Crippen LogP contribution is 2.12. The fourth-order valence-electron chi connectivity index (χ4n) is 1.93. The molecule has 0 aliphatic carbocycles. The molecule has 18 heavy (non-hydrogen) atoms. The van der Waals surface area contributed by atoms with E-state index in [2.05, 4.69) is 24.4 Å². The van der Waals surface area contributed by atoms with Crippen molar-refractivity contribution in [3.8, 4) is 5.75 Å². The van der Waals surface area contributed by atoms with Crippen LogP contribution in [0.4, 0.5) is 0 Å². The predicted octanol–water partition coefficient (Wildman–Crippen LogP) is 2.99. The third-order valence-electron chi connectivity index (χ3n) is 2.83. The first-order valence-corrected chi connectivity index (χ1v) is 6.74. The number of methoxy groups -OCH3 is 1. The molecule has 0 heterocycles. The first-order valence-electron chi connectivity index (χ1n) is 6.74. The Morgan fingerprint density at radius 3 is 2.44 bits per heavy atom. The molecular weight excluding hydrogens is 226 g/mol. The summed E-state index contributed by atoms with van der Waals surface area (Å²) in [4.78, 5) is 0. The van der Waals surface area contributed by atoms with Gasteiger partial charge in [0.25, 0.3) is 0 Å². The second-order valence-corrected chi connectivity index (χ2v) is 4.40. The summed E-state index contributed by atoms with van der Waals surface area (Å²) in [5.74, 6) is 0.934. The Morgan fingerprint density at radius 2 is 1.89 bits per heavy atom. The van der Waals surface area contributed by atoms with Gasteiger partial charge in [-0.05, 0) is 31.0 Å². The summed E-state index contributed by atoms with van der Waals surface area (Å²) >= 11 is 0. The number of hydrogen-bond acceptors (Lipinski definition) is 3. The van der Waals surface area contributed by atoms with Crippen molar-refractivity contribution in [2.75, 3.05) is 20.3 Å². The van der Waals surface area contributed by atoms with E-state index in [1.807, 2.05) is 19.1 Å². The van der Waals surface area contributed by atoms with Crippen LogP contribution in [0.15, 0.2) is 24.3 Å². The molecule has 0 fully saturated rings. The molecule has 0 aliphatic heterocycles. The van der Waals surface area contributed by atoms with Crippen LogP contribution in [0.5, 0.6) is 5.75 Å². The Hall–Kier alpha value is -1.06. The van der Waals surface area contributed by atoms with Crippen LogP contribution in [-0.2, 0) is 11.3 Å². The quantitative estimate of drug-likeness (QED) is 0.732. The van der Waals surface area contributed by atoms with Gasteiger partial charge in [-0.1, -0.05) is 25.5 Å². The van der Waals surface area contributed by atoms with E-state index < -0.39 is 0 Å². The van der Waals surface area contributed by atoms with E-state index in [0.29, 0.717) is 12.6 Å². The van der Waals surface area contributed by atoms with Crippen LogP contribution < -0.4 is 10.1 Å². The van der Waals surface area contributed by atoms with Gasteiger partial charge in [0.2, 0.25) is 0 Å². The number of ether oxygens (including phenoxy) is 2. The lowest BCUT2D eigenvalue weighted by Crippen LogP contribution is -2.32. The van der Waals surface area contributed by atoms with Gasteiger partial charge < -0.3 is 14.8 Å². The minimum absolute atomic E-state index is 0.437. The summed E-state index contributed by atoms with van der Waals surface area (Å²) in [6, 6.07) is 8.69. The molecule has 0 amide bonds. The minimum Gasteiger partial charge on any atom is -0.494 e. The summed E-state index contributed by atoms with van der Waals surface area (Å²) in [7, 11) is 1.75. The van der Waals surface area contributed by atoms with E-state index in [1.165, 1.54) is 12.0 Å². The zero-order valence-corrected chi connectivity index (χ0v) is 11.7. The van der Waals surface area contributed by atoms with Crippen LogP contribution in [0.25, 0.3) is 0 Å². The molecule has 0 bridgehead atoms. The van der Waals surface area contributed by atoms with Crippen LogP contribution >= 0.6 is 0 Å². The first kappa shape index (κ1) is 15.0. The molecular formula is C15H25NO2. The second-order valence-electron chi connectivity index (χ2n) is 4.40. The Bertz CT molecular complexity index is 305. The molecule has 3 nitrogen and oxygen atoms in total. The number of hydrogen-bond donors (Lipinski definition) is 1. The molecule has 3 heteroatoms. The normalized spacial score (nSPS) is 12.4. The monoisotopic (exact) mass is 251 g/mol. The molecule has 0 radical (unpaired) electrons. The molecule has 0 saturated carbocycles. The summed E-state index contributed by atoms with van der Waals surface area (Å²) in [5.41, 5.74) is 1.27. The van der Waals surface area contributed by atoms with Crippen molar-refractivity contribution in [1.29, 1.82) is 0 Å². The second kappa shape index (κ2) is 8.95. The van der Waals surface area contributed by atoms with Gasteiger partial charge in [-0.25, -0.2) is 0 Å². The van der Waals surface area contributed by atoms with Crippen molar-refractivity contribution in [2.24, 2.45) is 0 Å². The Balaban J connectivity index is 2.41. The highest BCUT2D eigenvalue weighted by Gasteiger charge is 2.06. The fraction of sp³-hybridized carbons (Fsp3) is 0.600. The number of nitrogens with one attached hydrogen (secondary N) is 1. The van der Waals surface area contributed by atoms with Gasteiger partial charge in [0.15, 0.2) is 0 Å². The fourth-order valence-corrected chi connectivity index (χ4v) is 1.93. The lowest BCUT2D eigenvalue weighted by atomic mass is 10.1. The maximum Gasteiger partial charge on any atom is 0.119 e. The highest BCUT2D eigenvalue weighted by molar-refractivity contribution is 5.27. The van der Waals surface area contributed by atoms with Crippen LogP contribution in [0.1, 0.15) is 32.3 Å². The maximum atomic E-state index is 5.42. The van der Waals surface area contributed by atoms with Crippen LogP contribution in [-0.4, -0.2) is 26.4 Å². The van der Waals surface area contributed by atoms with Gasteiger partial charge in [0.05, 0.1) is 13.2 Å². The largest absolute Gasteiger partial charge is 0.494 e. The van der Waals surface area contributed by atoms with E-state index >= 15 is 0 Å². The van der Waals surface area contributed by atoms with Crippen LogP contribution in [0.2, 0.25) is 0 Å². The molecule has 1 rings (SSSR count). The summed E-state index contributed by atoms with van der Waals surface area (Å²) in [5, 5.41) is 3.52. The Kier molecular flexibility index (Phi) is 7.46. The Labute approximate surface area is 110 Å². The van der Waals surface area contributed by atoms with Gasteiger partial charge in [0.1, 0.15) is 5.75 Å². The van der Waals surface area contributed by atoms with Crippen molar-refractivity contribution in [2.45, 2.75) is 39.3 Å². The van der Waals surface area contributed by atoms with Crippen molar-refractivity contribution in [1.82, 2.24) is 5.32 Å². The molecule has 1 aromatic rings. The van der Waals surface area contributed by atoms with E-state index in [4.69, 9.17) is 9.47 Å². The summed E-state index contributed by atoms with van der Waals surface area (Å²) < 4.78 is 10.6. The van der Waals surface area contributed by atoms with Gasteiger partial charge in [0, 0.05) is 19.7 Å². The SMILES string of the molecule is CCCC(COC)NCc1ccc(OCC)cc1. The van der Waals surface area contributed by atoms with Gasteiger partial charge in [-0.2, -0.15) is 0 Å². The number of rotatable bonds is 9. The van der Waals surface area contributed by atoms with E-state index in [-0.39, 0.29) is 0 Å². The zero-order valence-electron chi connectivity index (χ0n) is 11.7. The lowest BCUT2D eigenvalue weighted by Gasteiger charge is -2.17. The highest BCUT2D eigenvalue weighted by atomic mass is 16.5. The standard InChI is InChI=1S/C15H25NO2/c1-4-6-14(12-17-3)16-11-13-7-9-15(10-8-13)18-5-2/h7-10,14,16H,4-6,11-12H2,1-3H3. The van der Waals surface area contributed by atoms with Crippen molar-refractivity contribution < 1.29 is 9.47 Å². The van der Waals surface area contributed by atoms with Gasteiger partial charge >= 0.3 is 0 Å². The van der Waals surface area contributed by atoms with Gasteiger partial charge in [-0.3, -0.25) is 0 Å². The van der Waals surface area contributed by atoms with Crippen molar-refractivity contribution in [3.63, 3.8) is 0 Å². The average Bonchev–Trinajstić information content (AvgIpc) is 2.38. The molecule has 1 N–H and O–H groups in total. The molecule has 0 aliphatic rings. The van der Waals surface area contributed by atoms with Crippen molar-refractivity contribution in [3.05, 3.63) is 29.8 Å². The third-order valence-corrected chi connectivity index (χ3v) is 2.83. The lowest BCUT2D eigenvalue weighted by molar-refractivity contribution is 0.161. The third kappa shape index (κ3) is 5.52. The van der Waals surface area contributed by atoms with Crippen LogP contribution in [0, 0.1) is 0 Å². The topological polar surface area (TPSA) is 30.5 Å². The molecule has 1 unspecified atom stereocenters. The van der Waals surface area contributed by atoms with Crippen LogP contribution in [0.3, 0.4) is 0 Å².